The molecule has 0 saturated carbocycles. The van der Waals surface area contributed by atoms with Crippen molar-refractivity contribution in [3.8, 4) is 0 Å². The van der Waals surface area contributed by atoms with Crippen molar-refractivity contribution < 1.29 is 4.79 Å². The number of aromatic amines is 1. The molecule has 0 saturated heterocycles. The van der Waals surface area contributed by atoms with Crippen molar-refractivity contribution in [1.29, 1.82) is 0 Å². The SMILES string of the molecule is CC(Cc1ccc(Br)cc1)NC(=O)CCc1nc2ccccc2[nH]1. The number of imidazole rings is 1. The van der Waals surface area contributed by atoms with E-state index in [2.05, 4.69) is 43.3 Å². The van der Waals surface area contributed by atoms with Crippen LogP contribution in [0.25, 0.3) is 11.0 Å². The van der Waals surface area contributed by atoms with Crippen molar-refractivity contribution in [1.82, 2.24) is 15.3 Å². The highest BCUT2D eigenvalue weighted by Crippen LogP contribution is 2.13. The summed E-state index contributed by atoms with van der Waals surface area (Å²) in [6, 6.07) is 16.2. The lowest BCUT2D eigenvalue weighted by Gasteiger charge is -2.14. The van der Waals surface area contributed by atoms with Crippen molar-refractivity contribution in [2.45, 2.75) is 32.2 Å². The fraction of sp³-hybridized carbons (Fsp3) is 0.263. The number of rotatable bonds is 6. The number of hydrogen-bond donors (Lipinski definition) is 2. The topological polar surface area (TPSA) is 57.8 Å². The second kappa shape index (κ2) is 7.62. The fourth-order valence-electron chi connectivity index (χ4n) is 2.73. The number of para-hydroxylation sites is 2. The molecule has 124 valence electrons. The van der Waals surface area contributed by atoms with Crippen LogP contribution in [0.2, 0.25) is 0 Å². The molecule has 1 heterocycles. The summed E-state index contributed by atoms with van der Waals surface area (Å²) in [7, 11) is 0. The molecule has 24 heavy (non-hydrogen) atoms. The van der Waals surface area contributed by atoms with Crippen LogP contribution in [-0.4, -0.2) is 21.9 Å². The van der Waals surface area contributed by atoms with Crippen molar-refractivity contribution in [2.75, 3.05) is 0 Å². The molecule has 0 aliphatic heterocycles. The molecule has 0 fully saturated rings. The number of nitrogens with zero attached hydrogens (tertiary/aromatic N) is 1. The van der Waals surface area contributed by atoms with Gasteiger partial charge in [-0.15, -0.1) is 0 Å². The summed E-state index contributed by atoms with van der Waals surface area (Å²) in [5.41, 5.74) is 3.16. The minimum atomic E-state index is 0.0556. The number of fused-ring (bicyclic) bond motifs is 1. The number of aromatic nitrogens is 2. The predicted molar refractivity (Wildman–Crippen MR) is 99.9 cm³/mol. The van der Waals surface area contributed by atoms with E-state index in [1.54, 1.807) is 0 Å². The molecule has 5 heteroatoms. The lowest BCUT2D eigenvalue weighted by Crippen LogP contribution is -2.34. The summed E-state index contributed by atoms with van der Waals surface area (Å²) in [5.74, 6) is 0.909. The molecule has 0 aliphatic rings. The first-order valence-electron chi connectivity index (χ1n) is 8.07. The lowest BCUT2D eigenvalue weighted by atomic mass is 10.1. The standard InChI is InChI=1S/C19H20BrN3O/c1-13(12-14-6-8-15(20)9-7-14)21-19(24)11-10-18-22-16-4-2-3-5-17(16)23-18/h2-9,13H,10-12H2,1H3,(H,21,24)(H,22,23). The third kappa shape index (κ3) is 4.45. The average molecular weight is 386 g/mol. The Labute approximate surface area is 149 Å². The molecule has 3 rings (SSSR count). The summed E-state index contributed by atoms with van der Waals surface area (Å²) < 4.78 is 1.06. The number of carbonyl (C=O) groups excluding carboxylic acids is 1. The van der Waals surface area contributed by atoms with Crippen LogP contribution in [0.3, 0.4) is 0 Å². The number of aryl methyl sites for hydroxylation is 1. The molecule has 1 amide bonds. The van der Waals surface area contributed by atoms with E-state index in [-0.39, 0.29) is 11.9 Å². The molecule has 0 radical (unpaired) electrons. The first-order chi connectivity index (χ1) is 11.6. The van der Waals surface area contributed by atoms with Gasteiger partial charge in [-0.1, -0.05) is 40.2 Å². The molecule has 4 nitrogen and oxygen atoms in total. The van der Waals surface area contributed by atoms with E-state index in [0.29, 0.717) is 12.8 Å². The Kier molecular flexibility index (Phi) is 5.30. The number of H-pyrrole nitrogens is 1. The molecule has 1 aromatic heterocycles. The summed E-state index contributed by atoms with van der Waals surface area (Å²) in [4.78, 5) is 19.9. The van der Waals surface area contributed by atoms with Gasteiger partial charge in [0.05, 0.1) is 11.0 Å². The smallest absolute Gasteiger partial charge is 0.220 e. The number of carbonyl (C=O) groups is 1. The Morgan fingerprint density at radius 3 is 2.71 bits per heavy atom. The van der Waals surface area contributed by atoms with Crippen molar-refractivity contribution in [2.24, 2.45) is 0 Å². The molecule has 2 aromatic carbocycles. The zero-order valence-electron chi connectivity index (χ0n) is 13.6. The lowest BCUT2D eigenvalue weighted by molar-refractivity contribution is -0.121. The quantitative estimate of drug-likeness (QED) is 0.673. The maximum Gasteiger partial charge on any atom is 0.220 e. The monoisotopic (exact) mass is 385 g/mol. The van der Waals surface area contributed by atoms with Gasteiger partial charge in [-0.2, -0.15) is 0 Å². The Bertz CT molecular complexity index is 793. The molecule has 3 aromatic rings. The highest BCUT2D eigenvalue weighted by atomic mass is 79.9. The fourth-order valence-corrected chi connectivity index (χ4v) is 2.99. The van der Waals surface area contributed by atoms with Gasteiger partial charge in [-0.05, 0) is 43.2 Å². The summed E-state index contributed by atoms with van der Waals surface area (Å²) in [6.45, 7) is 2.03. The molecule has 0 bridgehead atoms. The molecular weight excluding hydrogens is 366 g/mol. The van der Waals surface area contributed by atoms with Crippen LogP contribution in [0, 0.1) is 0 Å². The van der Waals surface area contributed by atoms with Gasteiger partial charge in [0.15, 0.2) is 0 Å². The van der Waals surface area contributed by atoms with Gasteiger partial charge in [0, 0.05) is 23.4 Å². The molecular formula is C19H20BrN3O. The highest BCUT2D eigenvalue weighted by molar-refractivity contribution is 9.10. The number of benzene rings is 2. The zero-order chi connectivity index (χ0) is 16.9. The molecule has 1 atom stereocenters. The van der Waals surface area contributed by atoms with Gasteiger partial charge in [0.2, 0.25) is 5.91 Å². The van der Waals surface area contributed by atoms with Gasteiger partial charge in [-0.25, -0.2) is 4.98 Å². The summed E-state index contributed by atoms with van der Waals surface area (Å²) >= 11 is 3.43. The number of halogens is 1. The number of hydrogen-bond acceptors (Lipinski definition) is 2. The van der Waals surface area contributed by atoms with Gasteiger partial charge < -0.3 is 10.3 Å². The van der Waals surface area contributed by atoms with Crippen LogP contribution < -0.4 is 5.32 Å². The van der Waals surface area contributed by atoms with E-state index in [1.165, 1.54) is 5.56 Å². The summed E-state index contributed by atoms with van der Waals surface area (Å²) in [6.07, 6.45) is 1.87. The molecule has 0 spiro atoms. The van der Waals surface area contributed by atoms with Gasteiger partial charge in [-0.3, -0.25) is 4.79 Å². The van der Waals surface area contributed by atoms with Gasteiger partial charge in [0.1, 0.15) is 5.82 Å². The zero-order valence-corrected chi connectivity index (χ0v) is 15.1. The van der Waals surface area contributed by atoms with E-state index in [1.807, 2.05) is 43.3 Å². The van der Waals surface area contributed by atoms with Crippen molar-refractivity contribution in [3.05, 3.63) is 64.4 Å². The Balaban J connectivity index is 1.48. The van der Waals surface area contributed by atoms with E-state index in [4.69, 9.17) is 0 Å². The van der Waals surface area contributed by atoms with Crippen molar-refractivity contribution in [3.63, 3.8) is 0 Å². The van der Waals surface area contributed by atoms with Crippen LogP contribution in [0.5, 0.6) is 0 Å². The van der Waals surface area contributed by atoms with E-state index in [0.717, 1.165) is 27.8 Å². The van der Waals surface area contributed by atoms with Crippen LogP contribution in [0.4, 0.5) is 0 Å². The van der Waals surface area contributed by atoms with E-state index >= 15 is 0 Å². The maximum absolute atomic E-state index is 12.1. The van der Waals surface area contributed by atoms with Crippen LogP contribution in [-0.2, 0) is 17.6 Å². The average Bonchev–Trinajstić information content (AvgIpc) is 2.98. The predicted octanol–water partition coefficient (Wildman–Crippen LogP) is 4.01. The first-order valence-corrected chi connectivity index (χ1v) is 8.87. The van der Waals surface area contributed by atoms with Crippen LogP contribution in [0.15, 0.2) is 53.0 Å². The maximum atomic E-state index is 12.1. The summed E-state index contributed by atoms with van der Waals surface area (Å²) in [5, 5.41) is 3.05. The van der Waals surface area contributed by atoms with E-state index in [9.17, 15) is 4.79 Å². The van der Waals surface area contributed by atoms with Crippen LogP contribution in [0.1, 0.15) is 24.7 Å². The molecule has 1 unspecified atom stereocenters. The highest BCUT2D eigenvalue weighted by Gasteiger charge is 2.10. The third-order valence-electron chi connectivity index (χ3n) is 3.89. The first kappa shape index (κ1) is 16.7. The molecule has 2 N–H and O–H groups in total. The second-order valence-electron chi connectivity index (χ2n) is 6.00. The third-order valence-corrected chi connectivity index (χ3v) is 4.42. The Morgan fingerprint density at radius 2 is 1.96 bits per heavy atom. The van der Waals surface area contributed by atoms with Gasteiger partial charge in [0.25, 0.3) is 0 Å². The normalized spacial score (nSPS) is 12.2. The number of amides is 1. The Hall–Kier alpha value is -2.14. The largest absolute Gasteiger partial charge is 0.353 e. The Morgan fingerprint density at radius 1 is 1.21 bits per heavy atom. The van der Waals surface area contributed by atoms with Crippen molar-refractivity contribution >= 4 is 32.9 Å². The van der Waals surface area contributed by atoms with E-state index < -0.39 is 0 Å². The molecule has 0 aliphatic carbocycles. The second-order valence-corrected chi connectivity index (χ2v) is 6.92. The minimum absolute atomic E-state index is 0.0556. The minimum Gasteiger partial charge on any atom is -0.353 e. The van der Waals surface area contributed by atoms with Crippen LogP contribution >= 0.6 is 15.9 Å². The number of nitrogens with one attached hydrogen (secondary N) is 2. The van der Waals surface area contributed by atoms with Gasteiger partial charge >= 0.3 is 0 Å².